The van der Waals surface area contributed by atoms with Crippen molar-refractivity contribution in [3.63, 3.8) is 0 Å². The third-order valence-corrected chi connectivity index (χ3v) is 5.21. The molecule has 152 valence electrons. The van der Waals surface area contributed by atoms with Crippen LogP contribution in [0.15, 0.2) is 84.9 Å². The second kappa shape index (κ2) is 9.37. The minimum atomic E-state index is -0.140. The van der Waals surface area contributed by atoms with E-state index in [2.05, 4.69) is 34.9 Å². The van der Waals surface area contributed by atoms with Crippen LogP contribution in [0.3, 0.4) is 0 Å². The average Bonchev–Trinajstić information content (AvgIpc) is 3.60. The van der Waals surface area contributed by atoms with Gasteiger partial charge in [0.2, 0.25) is 0 Å². The van der Waals surface area contributed by atoms with Crippen molar-refractivity contribution in [3.05, 3.63) is 102 Å². The van der Waals surface area contributed by atoms with E-state index in [1.165, 1.54) is 0 Å². The molecule has 0 saturated heterocycles. The van der Waals surface area contributed by atoms with Gasteiger partial charge in [-0.1, -0.05) is 72.8 Å². The highest BCUT2D eigenvalue weighted by atomic mass is 16.2. The molecule has 5 nitrogen and oxygen atoms in total. The van der Waals surface area contributed by atoms with Crippen molar-refractivity contribution in [2.45, 2.75) is 24.9 Å². The molecule has 30 heavy (non-hydrogen) atoms. The van der Waals surface area contributed by atoms with Gasteiger partial charge in [0.25, 0.3) is 11.8 Å². The Morgan fingerprint density at radius 2 is 1.40 bits per heavy atom. The van der Waals surface area contributed by atoms with E-state index in [0.717, 1.165) is 24.0 Å². The van der Waals surface area contributed by atoms with Crippen molar-refractivity contribution in [1.82, 2.24) is 5.32 Å². The monoisotopic (exact) mass is 400 g/mol. The molecule has 0 atom stereocenters. The molecule has 0 unspecified atom stereocenters. The van der Waals surface area contributed by atoms with Gasteiger partial charge in [0.15, 0.2) is 6.54 Å². The van der Waals surface area contributed by atoms with Gasteiger partial charge in [-0.2, -0.15) is 0 Å². The standard InChI is InChI=1S/C25H25N3O2/c29-23(28-22-14-8-7-13-21(22)25(30)27-20-15-16-20)17-26-24(18-9-3-1-4-10-18)19-11-5-2-6-12-19/h1-14,20,24,26H,15-17H2,(H,27,30)(H,28,29)/p+1. The molecule has 1 aliphatic carbocycles. The van der Waals surface area contributed by atoms with Crippen molar-refractivity contribution < 1.29 is 14.9 Å². The van der Waals surface area contributed by atoms with Crippen LogP contribution in [0.2, 0.25) is 0 Å². The molecule has 4 rings (SSSR count). The summed E-state index contributed by atoms with van der Waals surface area (Å²) in [7, 11) is 0. The molecule has 5 heteroatoms. The van der Waals surface area contributed by atoms with Crippen LogP contribution < -0.4 is 16.0 Å². The highest BCUT2D eigenvalue weighted by molar-refractivity contribution is 6.04. The molecule has 4 N–H and O–H groups in total. The van der Waals surface area contributed by atoms with Crippen molar-refractivity contribution in [3.8, 4) is 0 Å². The number of carbonyl (C=O) groups is 2. The maximum absolute atomic E-state index is 12.7. The predicted molar refractivity (Wildman–Crippen MR) is 117 cm³/mol. The number of para-hydroxylation sites is 1. The van der Waals surface area contributed by atoms with E-state index in [0.29, 0.717) is 11.3 Å². The fourth-order valence-corrected chi connectivity index (χ4v) is 3.49. The second-order valence-corrected chi connectivity index (χ2v) is 7.58. The zero-order valence-electron chi connectivity index (χ0n) is 16.8. The number of hydrogen-bond acceptors (Lipinski definition) is 2. The summed E-state index contributed by atoms with van der Waals surface area (Å²) in [5.41, 5.74) is 3.33. The van der Waals surface area contributed by atoms with Crippen LogP contribution in [0.5, 0.6) is 0 Å². The average molecular weight is 401 g/mol. The van der Waals surface area contributed by atoms with E-state index in [9.17, 15) is 9.59 Å². The van der Waals surface area contributed by atoms with Crippen molar-refractivity contribution in [2.24, 2.45) is 0 Å². The number of carbonyl (C=O) groups excluding carboxylic acids is 2. The molecule has 2 amide bonds. The Labute approximate surface area is 176 Å². The quantitative estimate of drug-likeness (QED) is 0.544. The first-order valence-electron chi connectivity index (χ1n) is 10.3. The normalized spacial score (nSPS) is 13.1. The molecule has 1 fully saturated rings. The van der Waals surface area contributed by atoms with Crippen molar-refractivity contribution in [2.75, 3.05) is 11.9 Å². The molecule has 1 aliphatic rings. The van der Waals surface area contributed by atoms with Gasteiger partial charge in [-0.15, -0.1) is 0 Å². The Kier molecular flexibility index (Phi) is 6.20. The Morgan fingerprint density at radius 3 is 2.00 bits per heavy atom. The molecule has 1 saturated carbocycles. The van der Waals surface area contributed by atoms with E-state index < -0.39 is 0 Å². The molecule has 0 spiro atoms. The third-order valence-electron chi connectivity index (χ3n) is 5.21. The summed E-state index contributed by atoms with van der Waals surface area (Å²) in [4.78, 5) is 25.2. The molecule has 0 radical (unpaired) electrons. The SMILES string of the molecule is O=C(C[NH2+]C(c1ccccc1)c1ccccc1)Nc1ccccc1C(=O)NC1CC1. The van der Waals surface area contributed by atoms with E-state index in [1.54, 1.807) is 12.1 Å². The van der Waals surface area contributed by atoms with Crippen molar-refractivity contribution in [1.29, 1.82) is 0 Å². The molecule has 0 aliphatic heterocycles. The van der Waals surface area contributed by atoms with Gasteiger partial charge in [0.05, 0.1) is 11.3 Å². The number of rotatable bonds is 8. The van der Waals surface area contributed by atoms with Gasteiger partial charge in [-0.3, -0.25) is 9.59 Å². The van der Waals surface area contributed by atoms with Crippen LogP contribution in [-0.4, -0.2) is 24.4 Å². The minimum absolute atomic E-state index is 0.0200. The third kappa shape index (κ3) is 5.13. The minimum Gasteiger partial charge on any atom is -0.349 e. The summed E-state index contributed by atoms with van der Waals surface area (Å²) >= 11 is 0. The van der Waals surface area contributed by atoms with E-state index in [1.807, 2.05) is 53.8 Å². The number of nitrogens with two attached hydrogens (primary N) is 1. The summed E-state index contributed by atoms with van der Waals surface area (Å²) in [5.74, 6) is -0.276. The topological polar surface area (TPSA) is 74.8 Å². The van der Waals surface area contributed by atoms with Gasteiger partial charge in [-0.25, -0.2) is 0 Å². The molecule has 3 aromatic carbocycles. The van der Waals surface area contributed by atoms with Crippen LogP contribution in [0.4, 0.5) is 5.69 Å². The fourth-order valence-electron chi connectivity index (χ4n) is 3.49. The zero-order valence-corrected chi connectivity index (χ0v) is 16.8. The lowest BCUT2D eigenvalue weighted by atomic mass is 9.99. The van der Waals surface area contributed by atoms with Crippen LogP contribution in [-0.2, 0) is 4.79 Å². The van der Waals surface area contributed by atoms with E-state index >= 15 is 0 Å². The van der Waals surface area contributed by atoms with Gasteiger partial charge in [0.1, 0.15) is 6.04 Å². The van der Waals surface area contributed by atoms with Crippen LogP contribution in [0, 0.1) is 0 Å². The van der Waals surface area contributed by atoms with Crippen LogP contribution in [0.25, 0.3) is 0 Å². The Morgan fingerprint density at radius 1 is 0.833 bits per heavy atom. The first-order chi connectivity index (χ1) is 14.7. The number of quaternary nitrogens is 1. The molecule has 0 heterocycles. The van der Waals surface area contributed by atoms with E-state index in [-0.39, 0.29) is 30.4 Å². The number of hydrogen-bond donors (Lipinski definition) is 3. The second-order valence-electron chi connectivity index (χ2n) is 7.58. The summed E-state index contributed by atoms with van der Waals surface area (Å²) in [5, 5.41) is 7.91. The van der Waals surface area contributed by atoms with Gasteiger partial charge in [-0.05, 0) is 25.0 Å². The lowest BCUT2D eigenvalue weighted by Gasteiger charge is -2.17. The predicted octanol–water partition coefficient (Wildman–Crippen LogP) is 2.87. The summed E-state index contributed by atoms with van der Waals surface area (Å²) in [6.45, 7) is 0.243. The first-order valence-corrected chi connectivity index (χ1v) is 10.3. The Hall–Kier alpha value is -3.44. The largest absolute Gasteiger partial charge is 0.349 e. The first kappa shape index (κ1) is 19.9. The number of anilines is 1. The van der Waals surface area contributed by atoms with Gasteiger partial charge >= 0.3 is 0 Å². The Bertz CT molecular complexity index is 962. The van der Waals surface area contributed by atoms with Crippen LogP contribution in [0.1, 0.15) is 40.4 Å². The molecular formula is C25H26N3O2+. The maximum atomic E-state index is 12.7. The van der Waals surface area contributed by atoms with Gasteiger partial charge < -0.3 is 16.0 Å². The number of amides is 2. The summed E-state index contributed by atoms with van der Waals surface area (Å²) < 4.78 is 0. The van der Waals surface area contributed by atoms with Crippen molar-refractivity contribution >= 4 is 17.5 Å². The number of nitrogens with one attached hydrogen (secondary N) is 2. The highest BCUT2D eigenvalue weighted by Gasteiger charge is 2.25. The molecule has 3 aromatic rings. The Balaban J connectivity index is 1.44. The molecule has 0 aromatic heterocycles. The van der Waals surface area contributed by atoms with Crippen LogP contribution >= 0.6 is 0 Å². The highest BCUT2D eigenvalue weighted by Crippen LogP contribution is 2.21. The molecular weight excluding hydrogens is 374 g/mol. The van der Waals surface area contributed by atoms with E-state index in [4.69, 9.17) is 0 Å². The zero-order chi connectivity index (χ0) is 20.8. The summed E-state index contributed by atoms with van der Waals surface area (Å²) in [6, 6.07) is 27.7. The maximum Gasteiger partial charge on any atom is 0.279 e. The number of benzene rings is 3. The van der Waals surface area contributed by atoms with Gasteiger partial charge in [0, 0.05) is 17.2 Å². The fraction of sp³-hybridized carbons (Fsp3) is 0.200. The molecule has 0 bridgehead atoms. The lowest BCUT2D eigenvalue weighted by molar-refractivity contribution is -0.676. The summed E-state index contributed by atoms with van der Waals surface area (Å²) in [6.07, 6.45) is 2.05. The smallest absolute Gasteiger partial charge is 0.279 e. The lowest BCUT2D eigenvalue weighted by Crippen LogP contribution is -2.87.